The van der Waals surface area contributed by atoms with E-state index in [0.717, 1.165) is 6.20 Å². The zero-order valence-corrected chi connectivity index (χ0v) is 9.99. The number of aliphatic hydroxyl groups is 1. The average Bonchev–Trinajstić information content (AvgIpc) is 2.77. The van der Waals surface area contributed by atoms with Gasteiger partial charge >= 0.3 is 5.69 Å². The molecule has 0 aliphatic heterocycles. The van der Waals surface area contributed by atoms with Crippen LogP contribution in [0.15, 0.2) is 36.7 Å². The summed E-state index contributed by atoms with van der Waals surface area (Å²) in [7, 11) is 0. The molecule has 0 saturated carbocycles. The fraction of sp³-hybridized carbons (Fsp3) is 0.182. The van der Waals surface area contributed by atoms with Crippen LogP contribution in [0.5, 0.6) is 0 Å². The Labute approximate surface area is 108 Å². The summed E-state index contributed by atoms with van der Waals surface area (Å²) in [5, 5.41) is 24.8. The molecular formula is C11H10ClN3O3. The Kier molecular flexibility index (Phi) is 3.59. The first kappa shape index (κ1) is 12.5. The van der Waals surface area contributed by atoms with Gasteiger partial charge in [0.25, 0.3) is 0 Å². The first-order valence-corrected chi connectivity index (χ1v) is 5.54. The van der Waals surface area contributed by atoms with Crippen LogP contribution in [0.1, 0.15) is 11.7 Å². The van der Waals surface area contributed by atoms with Crippen LogP contribution in [-0.4, -0.2) is 19.8 Å². The van der Waals surface area contributed by atoms with Crippen molar-refractivity contribution in [2.75, 3.05) is 0 Å². The molecule has 2 rings (SSSR count). The van der Waals surface area contributed by atoms with Crippen LogP contribution in [0.2, 0.25) is 5.02 Å². The predicted octanol–water partition coefficient (Wildman–Crippen LogP) is 2.18. The minimum Gasteiger partial charge on any atom is -0.386 e. The number of aliphatic hydroxyl groups excluding tert-OH is 1. The van der Waals surface area contributed by atoms with Gasteiger partial charge in [0, 0.05) is 5.02 Å². The van der Waals surface area contributed by atoms with E-state index in [2.05, 4.69) is 5.10 Å². The molecule has 0 fully saturated rings. The van der Waals surface area contributed by atoms with Gasteiger partial charge in [-0.25, -0.2) is 0 Å². The second kappa shape index (κ2) is 5.16. The van der Waals surface area contributed by atoms with E-state index in [1.54, 1.807) is 24.3 Å². The third-order valence-corrected chi connectivity index (χ3v) is 2.66. The fourth-order valence-corrected chi connectivity index (χ4v) is 1.74. The zero-order chi connectivity index (χ0) is 13.1. The van der Waals surface area contributed by atoms with Crippen molar-refractivity contribution in [1.82, 2.24) is 9.78 Å². The van der Waals surface area contributed by atoms with E-state index in [0.29, 0.717) is 10.6 Å². The summed E-state index contributed by atoms with van der Waals surface area (Å²) in [6.07, 6.45) is 1.60. The third-order valence-electron chi connectivity index (χ3n) is 2.42. The number of hydrogen-bond donors (Lipinski definition) is 1. The highest BCUT2D eigenvalue weighted by Gasteiger charge is 2.13. The predicted molar refractivity (Wildman–Crippen MR) is 65.3 cm³/mol. The van der Waals surface area contributed by atoms with Crippen molar-refractivity contribution in [3.05, 3.63) is 57.4 Å². The summed E-state index contributed by atoms with van der Waals surface area (Å²) in [6, 6.07) is 6.81. The number of rotatable bonds is 4. The first-order chi connectivity index (χ1) is 8.56. The van der Waals surface area contributed by atoms with E-state index >= 15 is 0 Å². The minimum absolute atomic E-state index is 0.103. The summed E-state index contributed by atoms with van der Waals surface area (Å²) in [6.45, 7) is 0.133. The van der Waals surface area contributed by atoms with Crippen LogP contribution in [0, 0.1) is 10.1 Å². The van der Waals surface area contributed by atoms with Gasteiger partial charge in [0.2, 0.25) is 0 Å². The van der Waals surface area contributed by atoms with Crippen LogP contribution in [0.25, 0.3) is 0 Å². The Morgan fingerprint density at radius 1 is 1.56 bits per heavy atom. The molecule has 0 unspecified atom stereocenters. The molecule has 1 aromatic heterocycles. The maximum atomic E-state index is 10.5. The Bertz CT molecular complexity index is 570. The van der Waals surface area contributed by atoms with Crippen LogP contribution < -0.4 is 0 Å². The molecule has 1 atom stereocenters. The van der Waals surface area contributed by atoms with Gasteiger partial charge in [0.15, 0.2) is 0 Å². The van der Waals surface area contributed by atoms with Crippen molar-refractivity contribution in [3.63, 3.8) is 0 Å². The number of benzene rings is 1. The largest absolute Gasteiger partial charge is 0.386 e. The number of nitro groups is 1. The van der Waals surface area contributed by atoms with Crippen LogP contribution in [0.3, 0.4) is 0 Å². The normalized spacial score (nSPS) is 12.3. The summed E-state index contributed by atoms with van der Waals surface area (Å²) in [5.74, 6) is 0. The number of aromatic nitrogens is 2. The molecule has 0 amide bonds. The Hall–Kier alpha value is -1.92. The second-order valence-electron chi connectivity index (χ2n) is 3.75. The molecule has 1 heterocycles. The van der Waals surface area contributed by atoms with E-state index < -0.39 is 11.0 Å². The standard InChI is InChI=1S/C11H10ClN3O3/c12-9-3-1-2-8(4-9)11(16)7-14-6-10(5-13-14)15(17)18/h1-6,11,16H,7H2/t11-/m0/s1. The summed E-state index contributed by atoms with van der Waals surface area (Å²) in [5.41, 5.74) is 0.536. The summed E-state index contributed by atoms with van der Waals surface area (Å²) < 4.78 is 1.32. The van der Waals surface area contributed by atoms with Gasteiger partial charge in [-0.05, 0) is 17.7 Å². The monoisotopic (exact) mass is 267 g/mol. The molecule has 94 valence electrons. The highest BCUT2D eigenvalue weighted by Crippen LogP contribution is 2.19. The van der Waals surface area contributed by atoms with Gasteiger partial charge in [-0.15, -0.1) is 0 Å². The fourth-order valence-electron chi connectivity index (χ4n) is 1.54. The molecule has 0 radical (unpaired) electrons. The molecule has 7 heteroatoms. The third kappa shape index (κ3) is 2.85. The van der Waals surface area contributed by atoms with Gasteiger partial charge in [-0.2, -0.15) is 5.10 Å². The zero-order valence-electron chi connectivity index (χ0n) is 9.23. The Balaban J connectivity index is 2.11. The molecular weight excluding hydrogens is 258 g/mol. The molecule has 0 saturated heterocycles. The number of halogens is 1. The lowest BCUT2D eigenvalue weighted by atomic mass is 10.1. The topological polar surface area (TPSA) is 81.2 Å². The van der Waals surface area contributed by atoms with E-state index in [1.807, 2.05) is 0 Å². The van der Waals surface area contributed by atoms with E-state index in [-0.39, 0.29) is 12.2 Å². The van der Waals surface area contributed by atoms with Crippen molar-refractivity contribution < 1.29 is 10.0 Å². The van der Waals surface area contributed by atoms with Crippen LogP contribution in [0.4, 0.5) is 5.69 Å². The maximum Gasteiger partial charge on any atom is 0.306 e. The van der Waals surface area contributed by atoms with Crippen molar-refractivity contribution in [3.8, 4) is 0 Å². The Morgan fingerprint density at radius 2 is 2.33 bits per heavy atom. The SMILES string of the molecule is O=[N+]([O-])c1cnn(C[C@H](O)c2cccc(Cl)c2)c1. The van der Waals surface area contributed by atoms with E-state index in [1.165, 1.54) is 10.9 Å². The molecule has 0 aliphatic carbocycles. The van der Waals surface area contributed by atoms with E-state index in [9.17, 15) is 15.2 Å². The lowest BCUT2D eigenvalue weighted by Crippen LogP contribution is -2.09. The van der Waals surface area contributed by atoms with Gasteiger partial charge in [0.1, 0.15) is 12.4 Å². The maximum absolute atomic E-state index is 10.5. The molecule has 18 heavy (non-hydrogen) atoms. The molecule has 6 nitrogen and oxygen atoms in total. The molecule has 1 N–H and O–H groups in total. The summed E-state index contributed by atoms with van der Waals surface area (Å²) in [4.78, 5) is 9.95. The van der Waals surface area contributed by atoms with E-state index in [4.69, 9.17) is 11.6 Å². The quantitative estimate of drug-likeness (QED) is 0.680. The highest BCUT2D eigenvalue weighted by molar-refractivity contribution is 6.30. The smallest absolute Gasteiger partial charge is 0.306 e. The van der Waals surface area contributed by atoms with Crippen LogP contribution in [-0.2, 0) is 6.54 Å². The van der Waals surface area contributed by atoms with Crippen molar-refractivity contribution >= 4 is 17.3 Å². The highest BCUT2D eigenvalue weighted by atomic mass is 35.5. The lowest BCUT2D eigenvalue weighted by molar-refractivity contribution is -0.385. The van der Waals surface area contributed by atoms with Gasteiger partial charge in [-0.3, -0.25) is 14.8 Å². The van der Waals surface area contributed by atoms with Gasteiger partial charge in [-0.1, -0.05) is 23.7 Å². The van der Waals surface area contributed by atoms with Crippen molar-refractivity contribution in [2.45, 2.75) is 12.6 Å². The van der Waals surface area contributed by atoms with Crippen molar-refractivity contribution in [2.24, 2.45) is 0 Å². The molecule has 0 aliphatic rings. The summed E-state index contributed by atoms with van der Waals surface area (Å²) >= 11 is 5.81. The number of hydrogen-bond acceptors (Lipinski definition) is 4. The number of nitrogens with zero attached hydrogens (tertiary/aromatic N) is 3. The molecule has 1 aromatic carbocycles. The van der Waals surface area contributed by atoms with Crippen molar-refractivity contribution in [1.29, 1.82) is 0 Å². The molecule has 0 spiro atoms. The minimum atomic E-state index is -0.816. The second-order valence-corrected chi connectivity index (χ2v) is 4.18. The Morgan fingerprint density at radius 3 is 2.94 bits per heavy atom. The van der Waals surface area contributed by atoms with Gasteiger partial charge < -0.3 is 5.11 Å². The average molecular weight is 268 g/mol. The molecule has 2 aromatic rings. The molecule has 0 bridgehead atoms. The first-order valence-electron chi connectivity index (χ1n) is 5.16. The van der Waals surface area contributed by atoms with Gasteiger partial charge in [0.05, 0.1) is 17.6 Å². The lowest BCUT2D eigenvalue weighted by Gasteiger charge is -2.10. The van der Waals surface area contributed by atoms with Crippen LogP contribution >= 0.6 is 11.6 Å².